The van der Waals surface area contributed by atoms with Gasteiger partial charge < -0.3 is 15.3 Å². The molecule has 0 radical (unpaired) electrons. The van der Waals surface area contributed by atoms with Crippen molar-refractivity contribution in [1.29, 1.82) is 0 Å². The summed E-state index contributed by atoms with van der Waals surface area (Å²) < 4.78 is 0. The molecule has 0 bridgehead atoms. The molecule has 116 valence electrons. The van der Waals surface area contributed by atoms with Crippen LogP contribution in [0.15, 0.2) is 0 Å². The van der Waals surface area contributed by atoms with Gasteiger partial charge in [-0.05, 0) is 45.8 Å². The van der Waals surface area contributed by atoms with Crippen LogP contribution in [0.25, 0.3) is 0 Å². The van der Waals surface area contributed by atoms with Gasteiger partial charge in [0.2, 0.25) is 0 Å². The third-order valence-corrected chi connectivity index (χ3v) is 3.91. The van der Waals surface area contributed by atoms with Gasteiger partial charge in [0, 0.05) is 11.6 Å². The smallest absolute Gasteiger partial charge is 0.0613 e. The molecule has 0 aliphatic rings. The fourth-order valence-electron chi connectivity index (χ4n) is 2.63. The molecule has 0 spiro atoms. The van der Waals surface area contributed by atoms with Gasteiger partial charge in [0.25, 0.3) is 0 Å². The first kappa shape index (κ1) is 18.9. The summed E-state index contributed by atoms with van der Waals surface area (Å²) in [5.41, 5.74) is -0.0849. The van der Waals surface area contributed by atoms with Gasteiger partial charge >= 0.3 is 0 Å². The van der Waals surface area contributed by atoms with E-state index < -0.39 is 0 Å². The molecule has 2 N–H and O–H groups in total. The van der Waals surface area contributed by atoms with Gasteiger partial charge in [-0.1, -0.05) is 40.5 Å². The van der Waals surface area contributed by atoms with Gasteiger partial charge in [-0.25, -0.2) is 0 Å². The number of hydrogen-bond donors (Lipinski definition) is 2. The Bertz CT molecular complexity index is 203. The van der Waals surface area contributed by atoms with E-state index in [1.165, 1.54) is 25.8 Å². The zero-order valence-electron chi connectivity index (χ0n) is 13.8. The Morgan fingerprint density at radius 3 is 2.21 bits per heavy atom. The van der Waals surface area contributed by atoms with Gasteiger partial charge in [0.1, 0.15) is 0 Å². The van der Waals surface area contributed by atoms with Crippen LogP contribution in [0.2, 0.25) is 0 Å². The molecule has 0 aromatic heterocycles. The standard InChI is InChI=1S/C16H36N2O/c1-6-8-9-12-18(5)13-10-11-16(7-2,14-19)17-15(3)4/h15,17,19H,6-14H2,1-5H3. The minimum Gasteiger partial charge on any atom is -0.394 e. The first-order valence-electron chi connectivity index (χ1n) is 8.06. The van der Waals surface area contributed by atoms with Gasteiger partial charge in [0.15, 0.2) is 0 Å². The number of aliphatic hydroxyl groups excluding tert-OH is 1. The molecule has 0 aliphatic heterocycles. The lowest BCUT2D eigenvalue weighted by molar-refractivity contribution is 0.131. The van der Waals surface area contributed by atoms with Crippen molar-refractivity contribution < 1.29 is 5.11 Å². The molecule has 3 nitrogen and oxygen atoms in total. The number of nitrogens with zero attached hydrogens (tertiary/aromatic N) is 1. The van der Waals surface area contributed by atoms with E-state index in [-0.39, 0.29) is 12.1 Å². The van der Waals surface area contributed by atoms with E-state index in [2.05, 4.69) is 45.0 Å². The van der Waals surface area contributed by atoms with Crippen LogP contribution in [0, 0.1) is 0 Å². The summed E-state index contributed by atoms with van der Waals surface area (Å²) >= 11 is 0. The van der Waals surface area contributed by atoms with Crippen molar-refractivity contribution in [3.63, 3.8) is 0 Å². The number of rotatable bonds is 12. The van der Waals surface area contributed by atoms with Crippen LogP contribution in [0.4, 0.5) is 0 Å². The summed E-state index contributed by atoms with van der Waals surface area (Å²) in [6.07, 6.45) is 7.11. The van der Waals surface area contributed by atoms with Gasteiger partial charge in [-0.3, -0.25) is 0 Å². The molecule has 0 aromatic carbocycles. The van der Waals surface area contributed by atoms with Crippen LogP contribution >= 0.6 is 0 Å². The summed E-state index contributed by atoms with van der Waals surface area (Å²) in [5.74, 6) is 0. The predicted octanol–water partition coefficient (Wildman–Crippen LogP) is 3.03. The van der Waals surface area contributed by atoms with Crippen molar-refractivity contribution in [1.82, 2.24) is 10.2 Å². The predicted molar refractivity (Wildman–Crippen MR) is 84.6 cm³/mol. The van der Waals surface area contributed by atoms with Gasteiger partial charge in [-0.2, -0.15) is 0 Å². The van der Waals surface area contributed by atoms with Crippen molar-refractivity contribution in [3.05, 3.63) is 0 Å². The van der Waals surface area contributed by atoms with Crippen LogP contribution in [-0.2, 0) is 0 Å². The molecule has 1 unspecified atom stereocenters. The molecular formula is C16H36N2O. The maximum atomic E-state index is 9.69. The van der Waals surface area contributed by atoms with E-state index in [1.54, 1.807) is 0 Å². The minimum atomic E-state index is -0.0849. The summed E-state index contributed by atoms with van der Waals surface area (Å²) in [4.78, 5) is 2.42. The monoisotopic (exact) mass is 272 g/mol. The Balaban J connectivity index is 3.98. The molecule has 0 rings (SSSR count). The zero-order valence-corrected chi connectivity index (χ0v) is 13.8. The molecule has 0 aliphatic carbocycles. The summed E-state index contributed by atoms with van der Waals surface area (Å²) in [5, 5.41) is 13.2. The van der Waals surface area contributed by atoms with E-state index in [0.717, 1.165) is 25.8 Å². The van der Waals surface area contributed by atoms with Crippen molar-refractivity contribution in [2.45, 2.75) is 77.8 Å². The molecular weight excluding hydrogens is 236 g/mol. The highest BCUT2D eigenvalue weighted by Gasteiger charge is 2.27. The quantitative estimate of drug-likeness (QED) is 0.536. The first-order chi connectivity index (χ1) is 8.99. The van der Waals surface area contributed by atoms with Crippen molar-refractivity contribution in [3.8, 4) is 0 Å². The van der Waals surface area contributed by atoms with E-state index in [9.17, 15) is 5.11 Å². The lowest BCUT2D eigenvalue weighted by Crippen LogP contribution is -2.51. The van der Waals surface area contributed by atoms with Gasteiger partial charge in [-0.15, -0.1) is 0 Å². The lowest BCUT2D eigenvalue weighted by Gasteiger charge is -2.35. The lowest BCUT2D eigenvalue weighted by atomic mass is 9.90. The largest absolute Gasteiger partial charge is 0.394 e. The third-order valence-electron chi connectivity index (χ3n) is 3.91. The van der Waals surface area contributed by atoms with Crippen LogP contribution < -0.4 is 5.32 Å². The normalized spacial score (nSPS) is 15.2. The van der Waals surface area contributed by atoms with E-state index in [0.29, 0.717) is 6.04 Å². The summed E-state index contributed by atoms with van der Waals surface area (Å²) in [7, 11) is 2.21. The molecule has 0 aromatic rings. The molecule has 0 saturated heterocycles. The topological polar surface area (TPSA) is 35.5 Å². The molecule has 1 atom stereocenters. The minimum absolute atomic E-state index is 0.0849. The second-order valence-electron chi connectivity index (χ2n) is 6.20. The second kappa shape index (κ2) is 10.6. The second-order valence-corrected chi connectivity index (χ2v) is 6.20. The molecule has 0 heterocycles. The first-order valence-corrected chi connectivity index (χ1v) is 8.06. The Kier molecular flexibility index (Phi) is 10.6. The highest BCUT2D eigenvalue weighted by Crippen LogP contribution is 2.18. The van der Waals surface area contributed by atoms with E-state index in [1.807, 2.05) is 0 Å². The Hall–Kier alpha value is -0.120. The van der Waals surface area contributed by atoms with Crippen LogP contribution in [0.1, 0.15) is 66.2 Å². The van der Waals surface area contributed by atoms with Crippen molar-refractivity contribution >= 4 is 0 Å². The number of hydrogen-bond acceptors (Lipinski definition) is 3. The maximum absolute atomic E-state index is 9.69. The number of unbranched alkanes of at least 4 members (excludes halogenated alkanes) is 2. The summed E-state index contributed by atoms with van der Waals surface area (Å²) in [6.45, 7) is 11.3. The Labute approximate surface area is 120 Å². The highest BCUT2D eigenvalue weighted by atomic mass is 16.3. The van der Waals surface area contributed by atoms with E-state index >= 15 is 0 Å². The average molecular weight is 272 g/mol. The summed E-state index contributed by atoms with van der Waals surface area (Å²) in [6, 6.07) is 0.425. The van der Waals surface area contributed by atoms with Crippen molar-refractivity contribution in [2.75, 3.05) is 26.7 Å². The third kappa shape index (κ3) is 8.61. The van der Waals surface area contributed by atoms with Crippen molar-refractivity contribution in [2.24, 2.45) is 0 Å². The number of nitrogens with one attached hydrogen (secondary N) is 1. The Morgan fingerprint density at radius 1 is 1.11 bits per heavy atom. The molecule has 19 heavy (non-hydrogen) atoms. The highest BCUT2D eigenvalue weighted by molar-refractivity contribution is 4.87. The zero-order chi connectivity index (χ0) is 14.7. The SMILES string of the molecule is CCCCCN(C)CCCC(CC)(CO)NC(C)C. The van der Waals surface area contributed by atoms with Crippen LogP contribution in [0.3, 0.4) is 0 Å². The van der Waals surface area contributed by atoms with Gasteiger partial charge in [0.05, 0.1) is 6.61 Å². The molecule has 0 fully saturated rings. The fraction of sp³-hybridized carbons (Fsp3) is 1.00. The average Bonchev–Trinajstić information content (AvgIpc) is 2.37. The van der Waals surface area contributed by atoms with Crippen LogP contribution in [0.5, 0.6) is 0 Å². The molecule has 3 heteroatoms. The molecule has 0 saturated carbocycles. The maximum Gasteiger partial charge on any atom is 0.0613 e. The van der Waals surface area contributed by atoms with Crippen LogP contribution in [-0.4, -0.2) is 48.3 Å². The molecule has 0 amide bonds. The Morgan fingerprint density at radius 2 is 1.74 bits per heavy atom. The fourth-order valence-corrected chi connectivity index (χ4v) is 2.63. The van der Waals surface area contributed by atoms with E-state index in [4.69, 9.17) is 0 Å². The number of aliphatic hydroxyl groups is 1.